The number of fused-ring (bicyclic) bond motifs is 2. The highest BCUT2D eigenvalue weighted by molar-refractivity contribution is 6.42. The highest BCUT2D eigenvalue weighted by Crippen LogP contribution is 2.31. The van der Waals surface area contributed by atoms with Crippen molar-refractivity contribution in [1.82, 2.24) is 14.6 Å². The third-order valence-corrected chi connectivity index (χ3v) is 5.03. The summed E-state index contributed by atoms with van der Waals surface area (Å²) in [6.45, 7) is 2.80. The molecule has 0 amide bonds. The molecule has 0 saturated carbocycles. The highest BCUT2D eigenvalue weighted by Gasteiger charge is 2.16. The molecule has 4 rings (SSSR count). The number of aromatic amines is 1. The van der Waals surface area contributed by atoms with Crippen LogP contribution in [0.2, 0.25) is 10.0 Å². The minimum absolute atomic E-state index is 0.147. The SMILES string of the molecule is CCCNn1cc(-c2nc3cc(Cl)c(Cl)cc3[nH]c2=O)c2ccc(O)cc21. The Labute approximate surface area is 164 Å². The Morgan fingerprint density at radius 3 is 2.78 bits per heavy atom. The van der Waals surface area contributed by atoms with E-state index >= 15 is 0 Å². The van der Waals surface area contributed by atoms with Crippen LogP contribution in [-0.2, 0) is 0 Å². The Morgan fingerprint density at radius 1 is 1.22 bits per heavy atom. The van der Waals surface area contributed by atoms with Crippen LogP contribution in [0.5, 0.6) is 5.75 Å². The first kappa shape index (κ1) is 17.7. The van der Waals surface area contributed by atoms with Crippen LogP contribution in [-0.4, -0.2) is 26.3 Å². The largest absolute Gasteiger partial charge is 0.508 e. The number of aromatic nitrogens is 3. The van der Waals surface area contributed by atoms with Crippen molar-refractivity contribution in [2.75, 3.05) is 12.0 Å². The molecule has 27 heavy (non-hydrogen) atoms. The third-order valence-electron chi connectivity index (χ3n) is 4.31. The molecular weight excluding hydrogens is 387 g/mol. The summed E-state index contributed by atoms with van der Waals surface area (Å²) in [7, 11) is 0. The van der Waals surface area contributed by atoms with Crippen LogP contribution in [0.25, 0.3) is 33.2 Å². The van der Waals surface area contributed by atoms with Gasteiger partial charge in [-0.1, -0.05) is 30.1 Å². The number of aromatic hydroxyl groups is 1. The summed E-state index contributed by atoms with van der Waals surface area (Å²) in [6, 6.07) is 8.21. The summed E-state index contributed by atoms with van der Waals surface area (Å²) < 4.78 is 1.80. The number of nitrogens with one attached hydrogen (secondary N) is 2. The number of phenolic OH excluding ortho intramolecular Hbond substituents is 1. The molecule has 3 N–H and O–H groups in total. The molecule has 2 aromatic heterocycles. The summed E-state index contributed by atoms with van der Waals surface area (Å²) in [6.07, 6.45) is 2.74. The standard InChI is InChI=1S/C19H16Cl2N4O2/c1-2-5-22-25-9-12(11-4-3-10(26)6-17(11)25)18-19(27)24-16-8-14(21)13(20)7-15(16)23-18/h3-4,6-9,22,26H,2,5H2,1H3,(H,24,27). The summed E-state index contributed by atoms with van der Waals surface area (Å²) in [5.74, 6) is 0.147. The molecule has 0 atom stereocenters. The zero-order valence-corrected chi connectivity index (χ0v) is 15.9. The van der Waals surface area contributed by atoms with E-state index in [1.165, 1.54) is 0 Å². The Kier molecular flexibility index (Phi) is 4.45. The summed E-state index contributed by atoms with van der Waals surface area (Å²) in [5, 5.41) is 11.4. The van der Waals surface area contributed by atoms with E-state index < -0.39 is 0 Å². The second-order valence-corrected chi connectivity index (χ2v) is 7.03. The van der Waals surface area contributed by atoms with E-state index in [1.807, 2.05) is 0 Å². The van der Waals surface area contributed by atoms with Gasteiger partial charge in [0.25, 0.3) is 5.56 Å². The number of rotatable bonds is 4. The van der Waals surface area contributed by atoms with Gasteiger partial charge in [-0.15, -0.1) is 0 Å². The second-order valence-electron chi connectivity index (χ2n) is 6.22. The molecule has 0 saturated heterocycles. The van der Waals surface area contributed by atoms with Gasteiger partial charge in [0, 0.05) is 29.8 Å². The summed E-state index contributed by atoms with van der Waals surface area (Å²) in [5.41, 5.74) is 5.67. The van der Waals surface area contributed by atoms with Gasteiger partial charge < -0.3 is 15.5 Å². The Bertz CT molecular complexity index is 1230. The first-order valence-electron chi connectivity index (χ1n) is 8.45. The quantitative estimate of drug-likeness (QED) is 0.468. The lowest BCUT2D eigenvalue weighted by Gasteiger charge is -2.07. The number of benzene rings is 2. The Morgan fingerprint density at radius 2 is 2.00 bits per heavy atom. The van der Waals surface area contributed by atoms with Gasteiger partial charge in [0.05, 0.1) is 26.6 Å². The average molecular weight is 403 g/mol. The lowest BCUT2D eigenvalue weighted by molar-refractivity contribution is 0.476. The van der Waals surface area contributed by atoms with E-state index in [2.05, 4.69) is 22.3 Å². The fourth-order valence-electron chi connectivity index (χ4n) is 3.03. The number of hydrogen-bond donors (Lipinski definition) is 3. The van der Waals surface area contributed by atoms with Crippen LogP contribution in [0.15, 0.2) is 41.3 Å². The van der Waals surface area contributed by atoms with E-state index in [1.54, 1.807) is 41.2 Å². The van der Waals surface area contributed by atoms with Crippen LogP contribution < -0.4 is 11.0 Å². The zero-order valence-electron chi connectivity index (χ0n) is 14.4. The van der Waals surface area contributed by atoms with E-state index in [9.17, 15) is 9.90 Å². The van der Waals surface area contributed by atoms with Crippen LogP contribution in [0.3, 0.4) is 0 Å². The molecule has 2 heterocycles. The van der Waals surface area contributed by atoms with Gasteiger partial charge in [0.2, 0.25) is 0 Å². The number of H-pyrrole nitrogens is 1. The van der Waals surface area contributed by atoms with Crippen molar-refractivity contribution in [2.24, 2.45) is 0 Å². The maximum atomic E-state index is 12.7. The van der Waals surface area contributed by atoms with Crippen molar-refractivity contribution in [3.63, 3.8) is 0 Å². The first-order valence-corrected chi connectivity index (χ1v) is 9.21. The molecule has 0 aliphatic heterocycles. The number of phenols is 1. The maximum absolute atomic E-state index is 12.7. The molecular formula is C19H16Cl2N4O2. The van der Waals surface area contributed by atoms with Crippen molar-refractivity contribution in [1.29, 1.82) is 0 Å². The fraction of sp³-hybridized carbons (Fsp3) is 0.158. The Balaban J connectivity index is 1.97. The van der Waals surface area contributed by atoms with Gasteiger partial charge in [-0.05, 0) is 30.7 Å². The van der Waals surface area contributed by atoms with Gasteiger partial charge in [0.15, 0.2) is 0 Å². The van der Waals surface area contributed by atoms with Gasteiger partial charge >= 0.3 is 0 Å². The topological polar surface area (TPSA) is 82.9 Å². The predicted octanol–water partition coefficient (Wildman–Crippen LogP) is 4.51. The first-order chi connectivity index (χ1) is 13.0. The van der Waals surface area contributed by atoms with Gasteiger partial charge in [-0.25, -0.2) is 4.98 Å². The van der Waals surface area contributed by atoms with Gasteiger partial charge in [0.1, 0.15) is 11.4 Å². The smallest absolute Gasteiger partial charge is 0.275 e. The molecule has 2 aromatic carbocycles. The molecule has 8 heteroatoms. The van der Waals surface area contributed by atoms with Crippen molar-refractivity contribution in [2.45, 2.75) is 13.3 Å². The minimum Gasteiger partial charge on any atom is -0.508 e. The summed E-state index contributed by atoms with van der Waals surface area (Å²) in [4.78, 5) is 20.0. The van der Waals surface area contributed by atoms with Crippen molar-refractivity contribution >= 4 is 45.1 Å². The van der Waals surface area contributed by atoms with E-state index in [0.717, 1.165) is 23.9 Å². The molecule has 0 aliphatic carbocycles. The van der Waals surface area contributed by atoms with Crippen LogP contribution in [0.1, 0.15) is 13.3 Å². The van der Waals surface area contributed by atoms with E-state index in [0.29, 0.717) is 26.6 Å². The maximum Gasteiger partial charge on any atom is 0.275 e. The van der Waals surface area contributed by atoms with Crippen LogP contribution in [0, 0.1) is 0 Å². The average Bonchev–Trinajstić information content (AvgIpc) is 2.98. The lowest BCUT2D eigenvalue weighted by atomic mass is 10.1. The summed E-state index contributed by atoms with van der Waals surface area (Å²) >= 11 is 12.1. The van der Waals surface area contributed by atoms with E-state index in [-0.39, 0.29) is 17.0 Å². The van der Waals surface area contributed by atoms with Crippen molar-refractivity contribution < 1.29 is 5.11 Å². The molecule has 4 aromatic rings. The monoisotopic (exact) mass is 402 g/mol. The lowest BCUT2D eigenvalue weighted by Crippen LogP contribution is -2.14. The van der Waals surface area contributed by atoms with Crippen LogP contribution in [0.4, 0.5) is 0 Å². The molecule has 0 bridgehead atoms. The predicted molar refractivity (Wildman–Crippen MR) is 109 cm³/mol. The molecule has 0 spiro atoms. The number of hydrogen-bond acceptors (Lipinski definition) is 4. The van der Waals surface area contributed by atoms with Gasteiger partial charge in [-0.2, -0.15) is 0 Å². The number of halogens is 2. The van der Waals surface area contributed by atoms with Crippen molar-refractivity contribution in [3.8, 4) is 17.0 Å². The molecule has 138 valence electrons. The van der Waals surface area contributed by atoms with Crippen LogP contribution >= 0.6 is 23.2 Å². The fourth-order valence-corrected chi connectivity index (χ4v) is 3.35. The van der Waals surface area contributed by atoms with Gasteiger partial charge in [-0.3, -0.25) is 9.47 Å². The van der Waals surface area contributed by atoms with E-state index in [4.69, 9.17) is 23.2 Å². The third kappa shape index (κ3) is 3.11. The van der Waals surface area contributed by atoms with Crippen molar-refractivity contribution in [3.05, 3.63) is 56.9 Å². The normalized spacial score (nSPS) is 11.4. The molecule has 6 nitrogen and oxygen atoms in total. The molecule has 0 aliphatic rings. The molecule has 0 fully saturated rings. The minimum atomic E-state index is -0.330. The zero-order chi connectivity index (χ0) is 19.1. The molecule has 0 unspecified atom stereocenters. The Hall–Kier alpha value is -2.70. The number of nitrogens with zero attached hydrogens (tertiary/aromatic N) is 2. The second kappa shape index (κ2) is 6.79. The molecule has 0 radical (unpaired) electrons. The highest BCUT2D eigenvalue weighted by atomic mass is 35.5.